The summed E-state index contributed by atoms with van der Waals surface area (Å²) in [6, 6.07) is 0. The zero-order valence-corrected chi connectivity index (χ0v) is 8.74. The fourth-order valence-corrected chi connectivity index (χ4v) is 0. The van der Waals surface area contributed by atoms with Crippen LogP contribution in [0, 0.1) is 98.8 Å². The number of hydrogen-bond donors (Lipinski definition) is 0. The monoisotopic (exact) mass is 398 g/mol. The van der Waals surface area contributed by atoms with Gasteiger partial charge in [-0.15, -0.1) is 0 Å². The standard InChI is InChI=1S/2Eu.O4Si/c;;1-5(2,3)4/q2*+2;-4. The molecule has 0 aliphatic rings. The van der Waals surface area contributed by atoms with Gasteiger partial charge in [-0.25, -0.2) is 0 Å². The maximum absolute atomic E-state index is 8.58. The Labute approximate surface area is 124 Å². The van der Waals surface area contributed by atoms with Crippen molar-refractivity contribution >= 4 is 9.05 Å². The van der Waals surface area contributed by atoms with Gasteiger partial charge in [0.05, 0.1) is 0 Å². The molecular formula is Eu2O4Si. The minimum atomic E-state index is -5.61. The molecule has 7 heavy (non-hydrogen) atoms. The Balaban J connectivity index is -0.0000000800. The van der Waals surface area contributed by atoms with Crippen LogP contribution in [0.1, 0.15) is 0 Å². The van der Waals surface area contributed by atoms with Crippen molar-refractivity contribution in [3.63, 3.8) is 0 Å². The Morgan fingerprint density at radius 2 is 0.714 bits per heavy atom. The van der Waals surface area contributed by atoms with Gasteiger partial charge >= 0.3 is 98.8 Å². The second-order valence-electron chi connectivity index (χ2n) is 0.500. The summed E-state index contributed by atoms with van der Waals surface area (Å²) in [6.07, 6.45) is 0. The predicted octanol–water partition coefficient (Wildman–Crippen LogP) is -5.14. The van der Waals surface area contributed by atoms with Gasteiger partial charge in [-0.2, -0.15) is 0 Å². The molecule has 0 aromatic heterocycles. The van der Waals surface area contributed by atoms with Crippen LogP contribution in [-0.4, -0.2) is 9.05 Å². The topological polar surface area (TPSA) is 92.2 Å². The molecule has 0 saturated carbocycles. The first-order valence-corrected chi connectivity index (χ1v) is 2.45. The molecular weight excluding hydrogens is 396 g/mol. The molecule has 0 amide bonds. The van der Waals surface area contributed by atoms with Gasteiger partial charge in [0.15, 0.2) is 0 Å². The van der Waals surface area contributed by atoms with E-state index in [4.69, 9.17) is 19.2 Å². The maximum Gasteiger partial charge on any atom is 2.00 e. The molecule has 0 saturated heterocycles. The first-order valence-electron chi connectivity index (χ1n) is 0.816. The Morgan fingerprint density at radius 3 is 0.714 bits per heavy atom. The molecule has 0 aliphatic carbocycles. The molecule has 0 N–H and O–H groups in total. The smallest absolute Gasteiger partial charge is 0.894 e. The van der Waals surface area contributed by atoms with Gasteiger partial charge in [-0.3, -0.25) is 0 Å². The minimum Gasteiger partial charge on any atom is -0.894 e. The minimum absolute atomic E-state index is 0. The summed E-state index contributed by atoms with van der Waals surface area (Å²) in [5.74, 6) is 0. The van der Waals surface area contributed by atoms with Gasteiger partial charge in [0.1, 0.15) is 0 Å². The molecule has 0 aromatic carbocycles. The van der Waals surface area contributed by atoms with Crippen molar-refractivity contribution in [1.82, 2.24) is 0 Å². The molecule has 2 radical (unpaired) electrons. The van der Waals surface area contributed by atoms with E-state index in [1.807, 2.05) is 0 Å². The summed E-state index contributed by atoms with van der Waals surface area (Å²) in [6.45, 7) is 0. The van der Waals surface area contributed by atoms with Crippen LogP contribution in [0.2, 0.25) is 0 Å². The zero-order valence-electron chi connectivity index (χ0n) is 2.89. The molecule has 4 nitrogen and oxygen atoms in total. The Kier molecular flexibility index (Phi) is 17.5. The van der Waals surface area contributed by atoms with Crippen LogP contribution in [0.25, 0.3) is 0 Å². The first kappa shape index (κ1) is 16.7. The predicted molar refractivity (Wildman–Crippen MR) is 5.75 cm³/mol. The summed E-state index contributed by atoms with van der Waals surface area (Å²) >= 11 is 0. The molecule has 0 fully saturated rings. The fourth-order valence-electron chi connectivity index (χ4n) is 0. The molecule has 7 heteroatoms. The van der Waals surface area contributed by atoms with Crippen molar-refractivity contribution in [2.24, 2.45) is 0 Å². The van der Waals surface area contributed by atoms with Gasteiger partial charge < -0.3 is 28.2 Å². The molecule has 0 rings (SSSR count). The van der Waals surface area contributed by atoms with Crippen molar-refractivity contribution < 1.29 is 118 Å². The third-order valence-corrected chi connectivity index (χ3v) is 0. The Hall–Kier alpha value is 3.23. The van der Waals surface area contributed by atoms with Crippen molar-refractivity contribution in [2.75, 3.05) is 0 Å². The average molecular weight is 396 g/mol. The number of rotatable bonds is 0. The van der Waals surface area contributed by atoms with Crippen molar-refractivity contribution in [3.8, 4) is 0 Å². The van der Waals surface area contributed by atoms with Crippen LogP contribution in [-0.2, 0) is 0 Å². The molecule has 0 unspecified atom stereocenters. The van der Waals surface area contributed by atoms with Crippen LogP contribution >= 0.6 is 0 Å². The van der Waals surface area contributed by atoms with Gasteiger partial charge in [-0.05, 0) is 0 Å². The van der Waals surface area contributed by atoms with Gasteiger partial charge in [-0.1, -0.05) is 0 Å². The van der Waals surface area contributed by atoms with Crippen LogP contribution in [0.15, 0.2) is 0 Å². The fraction of sp³-hybridized carbons (Fsp3) is 0. The Morgan fingerprint density at radius 1 is 0.714 bits per heavy atom. The van der Waals surface area contributed by atoms with E-state index in [1.54, 1.807) is 0 Å². The molecule has 42 valence electrons. The van der Waals surface area contributed by atoms with Crippen LogP contribution in [0.3, 0.4) is 0 Å². The van der Waals surface area contributed by atoms with Crippen molar-refractivity contribution in [3.05, 3.63) is 0 Å². The van der Waals surface area contributed by atoms with E-state index < -0.39 is 9.05 Å². The third-order valence-electron chi connectivity index (χ3n) is 0. The van der Waals surface area contributed by atoms with E-state index in [0.29, 0.717) is 0 Å². The normalized spacial score (nSPS) is 8.57. The van der Waals surface area contributed by atoms with E-state index >= 15 is 0 Å². The first-order chi connectivity index (χ1) is 2.00. The Bertz CT molecular complexity index is 25.2. The van der Waals surface area contributed by atoms with Crippen molar-refractivity contribution in [2.45, 2.75) is 0 Å². The SMILES string of the molecule is [Eu+2].[Eu+2].[O-][Si]([O-])([O-])[O-]. The third kappa shape index (κ3) is 46.3. The van der Waals surface area contributed by atoms with E-state index in [2.05, 4.69) is 0 Å². The summed E-state index contributed by atoms with van der Waals surface area (Å²) in [4.78, 5) is 34.3. The largest absolute Gasteiger partial charge is 2.00 e. The summed E-state index contributed by atoms with van der Waals surface area (Å²) in [7, 11) is -5.61. The van der Waals surface area contributed by atoms with Crippen molar-refractivity contribution in [1.29, 1.82) is 0 Å². The van der Waals surface area contributed by atoms with E-state index in [0.717, 1.165) is 0 Å². The van der Waals surface area contributed by atoms with Crippen LogP contribution < -0.4 is 19.2 Å². The molecule has 0 heterocycles. The molecule has 0 aliphatic heterocycles. The molecule has 0 atom stereocenters. The maximum atomic E-state index is 8.58. The summed E-state index contributed by atoms with van der Waals surface area (Å²) in [5.41, 5.74) is 0. The molecule has 0 aromatic rings. The van der Waals surface area contributed by atoms with E-state index in [9.17, 15) is 0 Å². The van der Waals surface area contributed by atoms with E-state index in [-0.39, 0.29) is 98.8 Å². The van der Waals surface area contributed by atoms with Gasteiger partial charge in [0.25, 0.3) is 0 Å². The summed E-state index contributed by atoms with van der Waals surface area (Å²) in [5, 5.41) is 0. The molecule has 0 bridgehead atoms. The summed E-state index contributed by atoms with van der Waals surface area (Å²) < 4.78 is 0. The zero-order chi connectivity index (χ0) is 4.50. The van der Waals surface area contributed by atoms with Gasteiger partial charge in [0.2, 0.25) is 0 Å². The second-order valence-corrected chi connectivity index (χ2v) is 1.50. The quantitative estimate of drug-likeness (QED) is 0.383. The molecule has 0 spiro atoms. The van der Waals surface area contributed by atoms with E-state index in [1.165, 1.54) is 0 Å². The van der Waals surface area contributed by atoms with Crippen LogP contribution in [0.5, 0.6) is 0 Å². The average Bonchev–Trinajstić information content (AvgIpc) is 0.722. The number of hydrogen-bond acceptors (Lipinski definition) is 4. The van der Waals surface area contributed by atoms with Gasteiger partial charge in [0, 0.05) is 0 Å². The van der Waals surface area contributed by atoms with Crippen LogP contribution in [0.4, 0.5) is 0 Å². The second kappa shape index (κ2) is 7.33.